The van der Waals surface area contributed by atoms with Crippen molar-refractivity contribution in [1.29, 1.82) is 0 Å². The maximum atomic E-state index is 14.0. The Bertz CT molecular complexity index is 1630. The van der Waals surface area contributed by atoms with Gasteiger partial charge in [-0.05, 0) is 41.7 Å². The van der Waals surface area contributed by atoms with Crippen LogP contribution in [-0.2, 0) is 31.0 Å². The number of carbonyl (C=O) groups is 2. The molecule has 8 nitrogen and oxygen atoms in total. The Morgan fingerprint density at radius 2 is 1.92 bits per heavy atom. The molecule has 9 heteroatoms. The number of aromatic nitrogens is 3. The van der Waals surface area contributed by atoms with E-state index in [1.54, 1.807) is 29.2 Å². The van der Waals surface area contributed by atoms with Crippen LogP contribution in [0.5, 0.6) is 0 Å². The lowest BCUT2D eigenvalue weighted by atomic mass is 10.0. The molecule has 1 fully saturated rings. The molecule has 0 unspecified atom stereocenters. The van der Waals surface area contributed by atoms with Crippen molar-refractivity contribution < 1.29 is 14.3 Å². The Hall–Kier alpha value is -3.88. The SMILES string of the molecule is CN1Cc2cccc(N(Cc3ccc4c5c(c(Cl)nc4c3)COC5)C(=O)c3cnc(C4CC4)nc3)c2C1=O. The minimum atomic E-state index is -0.267. The van der Waals surface area contributed by atoms with Crippen LogP contribution in [0.25, 0.3) is 10.9 Å². The van der Waals surface area contributed by atoms with Gasteiger partial charge in [0.1, 0.15) is 11.0 Å². The first-order valence-electron chi connectivity index (χ1n) is 12.7. The van der Waals surface area contributed by atoms with Crippen molar-refractivity contribution in [2.24, 2.45) is 0 Å². The van der Waals surface area contributed by atoms with Gasteiger partial charge in [0.25, 0.3) is 11.8 Å². The van der Waals surface area contributed by atoms with Gasteiger partial charge in [-0.1, -0.05) is 35.9 Å². The van der Waals surface area contributed by atoms with Crippen LogP contribution in [0.4, 0.5) is 5.69 Å². The summed E-state index contributed by atoms with van der Waals surface area (Å²) in [4.78, 5) is 43.9. The van der Waals surface area contributed by atoms with Crippen LogP contribution in [0.15, 0.2) is 48.8 Å². The van der Waals surface area contributed by atoms with Crippen molar-refractivity contribution in [3.8, 4) is 0 Å². The molecule has 0 saturated heterocycles. The van der Waals surface area contributed by atoms with Crippen LogP contribution < -0.4 is 4.90 Å². The smallest absolute Gasteiger partial charge is 0.261 e. The first-order chi connectivity index (χ1) is 18.5. The van der Waals surface area contributed by atoms with Crippen molar-refractivity contribution in [2.45, 2.75) is 45.1 Å². The molecular weight excluding hydrogens is 502 g/mol. The van der Waals surface area contributed by atoms with Gasteiger partial charge in [0, 0.05) is 42.9 Å². The van der Waals surface area contributed by atoms with Crippen molar-refractivity contribution in [2.75, 3.05) is 11.9 Å². The third kappa shape index (κ3) is 3.83. The Kier molecular flexibility index (Phi) is 5.42. The van der Waals surface area contributed by atoms with Gasteiger partial charge < -0.3 is 14.5 Å². The van der Waals surface area contributed by atoms with Crippen LogP contribution in [0, 0.1) is 0 Å². The minimum Gasteiger partial charge on any atom is -0.372 e. The summed E-state index contributed by atoms with van der Waals surface area (Å²) in [5, 5.41) is 1.43. The summed E-state index contributed by atoms with van der Waals surface area (Å²) in [5.74, 6) is 0.803. The summed E-state index contributed by atoms with van der Waals surface area (Å²) >= 11 is 6.45. The van der Waals surface area contributed by atoms with Gasteiger partial charge in [0.2, 0.25) is 0 Å². The van der Waals surface area contributed by atoms with E-state index in [0.717, 1.165) is 51.8 Å². The molecule has 38 heavy (non-hydrogen) atoms. The predicted molar refractivity (Wildman–Crippen MR) is 142 cm³/mol. The van der Waals surface area contributed by atoms with E-state index >= 15 is 0 Å². The Labute approximate surface area is 224 Å². The molecule has 2 amide bonds. The molecule has 0 spiro atoms. The number of anilines is 1. The zero-order valence-electron chi connectivity index (χ0n) is 20.8. The standard InChI is InChI=1S/C29H24ClN5O3/c1-34-13-18-3-2-4-24(25(18)29(34)37)35(28(36)19-10-31-27(32-11-19)17-6-7-17)12-16-5-8-20-21-14-38-15-22(21)26(30)33-23(20)9-16/h2-5,8-11,17H,6-7,12-15H2,1H3. The summed E-state index contributed by atoms with van der Waals surface area (Å²) in [7, 11) is 1.77. The van der Waals surface area contributed by atoms with Crippen molar-refractivity contribution in [3.63, 3.8) is 0 Å². The molecule has 7 rings (SSSR count). The largest absolute Gasteiger partial charge is 0.372 e. The number of ether oxygens (including phenoxy) is 1. The highest BCUT2D eigenvalue weighted by molar-refractivity contribution is 6.30. The molecule has 4 aromatic rings. The number of hydrogen-bond acceptors (Lipinski definition) is 6. The van der Waals surface area contributed by atoms with Crippen molar-refractivity contribution >= 4 is 40.0 Å². The number of benzene rings is 2. The molecule has 4 heterocycles. The first-order valence-corrected chi connectivity index (χ1v) is 13.0. The predicted octanol–water partition coefficient (Wildman–Crippen LogP) is 5.02. The first kappa shape index (κ1) is 23.3. The van der Waals surface area contributed by atoms with Crippen LogP contribution >= 0.6 is 11.6 Å². The summed E-state index contributed by atoms with van der Waals surface area (Å²) in [5.41, 5.74) is 5.99. The second-order valence-electron chi connectivity index (χ2n) is 10.2. The second kappa shape index (κ2) is 8.85. The molecule has 2 aromatic heterocycles. The van der Waals surface area contributed by atoms with Crippen LogP contribution in [0.1, 0.15) is 67.6 Å². The monoisotopic (exact) mass is 525 g/mol. The van der Waals surface area contributed by atoms with Crippen molar-refractivity contribution in [1.82, 2.24) is 19.9 Å². The number of pyridine rings is 1. The normalized spacial score (nSPS) is 16.2. The zero-order valence-corrected chi connectivity index (χ0v) is 21.5. The van der Waals surface area contributed by atoms with Gasteiger partial charge in [-0.25, -0.2) is 15.0 Å². The Balaban J connectivity index is 1.31. The summed E-state index contributed by atoms with van der Waals surface area (Å²) in [6, 6.07) is 11.6. The number of amides is 2. The van der Waals surface area contributed by atoms with Crippen LogP contribution in [0.2, 0.25) is 5.15 Å². The fourth-order valence-corrected chi connectivity index (χ4v) is 5.62. The molecule has 2 aromatic carbocycles. The van der Waals surface area contributed by atoms with E-state index in [2.05, 4.69) is 15.0 Å². The molecule has 0 atom stereocenters. The number of hydrogen-bond donors (Lipinski definition) is 0. The third-order valence-electron chi connectivity index (χ3n) is 7.55. The number of nitrogens with zero attached hydrogens (tertiary/aromatic N) is 5. The lowest BCUT2D eigenvalue weighted by Gasteiger charge is -2.25. The molecular formula is C29H24ClN5O3. The number of carbonyl (C=O) groups excluding carboxylic acids is 2. The van der Waals surface area contributed by atoms with E-state index in [9.17, 15) is 9.59 Å². The third-order valence-corrected chi connectivity index (χ3v) is 7.86. The maximum Gasteiger partial charge on any atom is 0.261 e. The highest BCUT2D eigenvalue weighted by Gasteiger charge is 2.32. The molecule has 190 valence electrons. The quantitative estimate of drug-likeness (QED) is 0.340. The van der Waals surface area contributed by atoms with E-state index in [-0.39, 0.29) is 18.4 Å². The zero-order chi connectivity index (χ0) is 26.0. The van der Waals surface area contributed by atoms with E-state index in [0.29, 0.717) is 47.6 Å². The fraction of sp³-hybridized carbons (Fsp3) is 0.276. The van der Waals surface area contributed by atoms with E-state index in [4.69, 9.17) is 16.3 Å². The molecule has 0 bridgehead atoms. The van der Waals surface area contributed by atoms with Gasteiger partial charge in [-0.3, -0.25) is 9.59 Å². The number of fused-ring (bicyclic) bond motifs is 4. The van der Waals surface area contributed by atoms with Crippen molar-refractivity contribution in [3.05, 3.63) is 93.2 Å². The second-order valence-corrected chi connectivity index (χ2v) is 10.5. The van der Waals surface area contributed by atoms with Gasteiger partial charge in [-0.2, -0.15) is 0 Å². The highest BCUT2D eigenvalue weighted by atomic mass is 35.5. The van der Waals surface area contributed by atoms with Gasteiger partial charge in [0.05, 0.1) is 42.1 Å². The van der Waals surface area contributed by atoms with Crippen LogP contribution in [-0.4, -0.2) is 38.7 Å². The highest BCUT2D eigenvalue weighted by Crippen LogP contribution is 2.38. The maximum absolute atomic E-state index is 14.0. The molecule has 3 aliphatic rings. The lowest BCUT2D eigenvalue weighted by Crippen LogP contribution is -2.32. The summed E-state index contributed by atoms with van der Waals surface area (Å²) in [6.07, 6.45) is 5.36. The van der Waals surface area contributed by atoms with E-state index in [1.807, 2.05) is 36.4 Å². The number of halogens is 1. The van der Waals surface area contributed by atoms with Crippen LogP contribution in [0.3, 0.4) is 0 Å². The summed E-state index contributed by atoms with van der Waals surface area (Å²) in [6.45, 7) is 1.71. The van der Waals surface area contributed by atoms with Gasteiger partial charge >= 0.3 is 0 Å². The molecule has 0 radical (unpaired) electrons. The molecule has 2 aliphatic heterocycles. The number of rotatable bonds is 5. The minimum absolute atomic E-state index is 0.101. The topological polar surface area (TPSA) is 88.5 Å². The van der Waals surface area contributed by atoms with E-state index < -0.39 is 0 Å². The Morgan fingerprint density at radius 3 is 2.71 bits per heavy atom. The molecule has 1 aliphatic carbocycles. The van der Waals surface area contributed by atoms with Gasteiger partial charge in [0.15, 0.2) is 0 Å². The molecule has 1 saturated carbocycles. The average molecular weight is 526 g/mol. The van der Waals surface area contributed by atoms with Gasteiger partial charge in [-0.15, -0.1) is 0 Å². The lowest BCUT2D eigenvalue weighted by molar-refractivity contribution is 0.0817. The molecule has 0 N–H and O–H groups in total. The average Bonchev–Trinajstić information content (AvgIpc) is 3.58. The fourth-order valence-electron chi connectivity index (χ4n) is 5.36. The van der Waals surface area contributed by atoms with E-state index in [1.165, 1.54) is 0 Å². The Morgan fingerprint density at radius 1 is 1.13 bits per heavy atom. The summed E-state index contributed by atoms with van der Waals surface area (Å²) < 4.78 is 5.60.